The van der Waals surface area contributed by atoms with Gasteiger partial charge in [0.1, 0.15) is 0 Å². The maximum atomic E-state index is 11.2. The van der Waals surface area contributed by atoms with E-state index in [1.54, 1.807) is 13.4 Å². The van der Waals surface area contributed by atoms with Crippen LogP contribution in [0.5, 0.6) is 0 Å². The van der Waals surface area contributed by atoms with E-state index in [-0.39, 0.29) is 0 Å². The molecule has 0 aliphatic rings. The lowest BCUT2D eigenvalue weighted by Gasteiger charge is -2.05. The van der Waals surface area contributed by atoms with Crippen molar-refractivity contribution in [1.82, 2.24) is 5.32 Å². The van der Waals surface area contributed by atoms with Crippen LogP contribution >= 0.6 is 0 Å². The largest absolute Gasteiger partial charge is 0.385 e. The highest BCUT2D eigenvalue weighted by atomic mass is 32.2. The van der Waals surface area contributed by atoms with Gasteiger partial charge in [-0.3, -0.25) is 4.21 Å². The van der Waals surface area contributed by atoms with Gasteiger partial charge >= 0.3 is 0 Å². The molecule has 1 aromatic carbocycles. The van der Waals surface area contributed by atoms with Gasteiger partial charge in [-0.1, -0.05) is 12.1 Å². The molecular formula is C12H19NO2S. The van der Waals surface area contributed by atoms with E-state index >= 15 is 0 Å². The zero-order valence-corrected chi connectivity index (χ0v) is 10.7. The van der Waals surface area contributed by atoms with Crippen LogP contribution in [-0.4, -0.2) is 30.7 Å². The highest BCUT2D eigenvalue weighted by Gasteiger charge is 1.97. The summed E-state index contributed by atoms with van der Waals surface area (Å²) < 4.78 is 16.1. The minimum Gasteiger partial charge on any atom is -0.385 e. The molecule has 0 aliphatic carbocycles. The lowest BCUT2D eigenvalue weighted by molar-refractivity contribution is 0.194. The Labute approximate surface area is 99.7 Å². The third-order valence-electron chi connectivity index (χ3n) is 2.29. The van der Waals surface area contributed by atoms with Gasteiger partial charge in [-0.05, 0) is 30.7 Å². The van der Waals surface area contributed by atoms with Crippen molar-refractivity contribution in [2.24, 2.45) is 0 Å². The number of nitrogens with one attached hydrogen (secondary N) is 1. The molecule has 90 valence electrons. The summed E-state index contributed by atoms with van der Waals surface area (Å²) in [5.41, 5.74) is 1.21. The van der Waals surface area contributed by atoms with E-state index in [4.69, 9.17) is 4.74 Å². The Morgan fingerprint density at radius 2 is 2.00 bits per heavy atom. The van der Waals surface area contributed by atoms with Crippen LogP contribution in [0, 0.1) is 0 Å². The van der Waals surface area contributed by atoms with Crippen LogP contribution < -0.4 is 5.32 Å². The zero-order valence-electron chi connectivity index (χ0n) is 9.86. The normalized spacial score (nSPS) is 12.6. The molecule has 0 radical (unpaired) electrons. The highest BCUT2D eigenvalue weighted by Crippen LogP contribution is 2.07. The predicted octanol–water partition coefficient (Wildman–Crippen LogP) is 1.55. The predicted molar refractivity (Wildman–Crippen MR) is 67.0 cm³/mol. The monoisotopic (exact) mass is 241 g/mol. The van der Waals surface area contributed by atoms with Crippen molar-refractivity contribution in [3.63, 3.8) is 0 Å². The molecule has 0 heterocycles. The lowest BCUT2D eigenvalue weighted by atomic mass is 10.2. The third kappa shape index (κ3) is 4.88. The number of hydrogen-bond acceptors (Lipinski definition) is 3. The van der Waals surface area contributed by atoms with Crippen molar-refractivity contribution in [3.05, 3.63) is 29.8 Å². The molecule has 0 amide bonds. The molecule has 4 heteroatoms. The molecular weight excluding hydrogens is 222 g/mol. The molecule has 0 bridgehead atoms. The van der Waals surface area contributed by atoms with Gasteiger partial charge in [0.15, 0.2) is 0 Å². The lowest BCUT2D eigenvalue weighted by Crippen LogP contribution is -2.16. The molecule has 16 heavy (non-hydrogen) atoms. The van der Waals surface area contributed by atoms with Gasteiger partial charge in [0.25, 0.3) is 0 Å². The SMILES string of the molecule is COCCCNCc1ccc(S(C)=O)cc1. The number of rotatable bonds is 7. The van der Waals surface area contributed by atoms with Crippen molar-refractivity contribution in [3.8, 4) is 0 Å². The minimum atomic E-state index is -0.884. The fourth-order valence-corrected chi connectivity index (χ4v) is 1.89. The first-order chi connectivity index (χ1) is 7.74. The van der Waals surface area contributed by atoms with Crippen molar-refractivity contribution >= 4 is 10.8 Å². The highest BCUT2D eigenvalue weighted by molar-refractivity contribution is 7.84. The van der Waals surface area contributed by atoms with E-state index in [0.29, 0.717) is 0 Å². The second-order valence-corrected chi connectivity index (χ2v) is 5.00. The first-order valence-corrected chi connectivity index (χ1v) is 6.92. The molecule has 1 aromatic rings. The maximum absolute atomic E-state index is 11.2. The number of methoxy groups -OCH3 is 1. The van der Waals surface area contributed by atoms with E-state index in [0.717, 1.165) is 31.0 Å². The van der Waals surface area contributed by atoms with Gasteiger partial charge in [0.2, 0.25) is 0 Å². The first kappa shape index (κ1) is 13.4. The minimum absolute atomic E-state index is 0.792. The van der Waals surface area contributed by atoms with Gasteiger partial charge in [-0.2, -0.15) is 0 Å². The second kappa shape index (κ2) is 7.54. The summed E-state index contributed by atoms with van der Waals surface area (Å²) in [6.45, 7) is 2.59. The molecule has 0 aromatic heterocycles. The van der Waals surface area contributed by atoms with Crippen molar-refractivity contribution in [1.29, 1.82) is 0 Å². The molecule has 0 saturated heterocycles. The summed E-state index contributed by atoms with van der Waals surface area (Å²) in [6, 6.07) is 7.87. The Hall–Kier alpha value is -0.710. The fourth-order valence-electron chi connectivity index (χ4n) is 1.37. The smallest absolute Gasteiger partial charge is 0.0498 e. The molecule has 3 nitrogen and oxygen atoms in total. The van der Waals surface area contributed by atoms with Crippen LogP contribution in [0.4, 0.5) is 0 Å². The summed E-state index contributed by atoms with van der Waals surface area (Å²) in [5.74, 6) is 0. The topological polar surface area (TPSA) is 38.3 Å². The average molecular weight is 241 g/mol. The summed E-state index contributed by atoms with van der Waals surface area (Å²) >= 11 is 0. The third-order valence-corrected chi connectivity index (χ3v) is 3.22. The van der Waals surface area contributed by atoms with Gasteiger partial charge in [-0.25, -0.2) is 0 Å². The standard InChI is InChI=1S/C12H19NO2S/c1-15-9-3-8-13-10-11-4-6-12(7-5-11)16(2)14/h4-7,13H,3,8-10H2,1-2H3. The number of benzene rings is 1. The number of hydrogen-bond donors (Lipinski definition) is 1. The maximum Gasteiger partial charge on any atom is 0.0498 e. The Bertz CT molecular complexity index is 324. The molecule has 1 rings (SSSR count). The van der Waals surface area contributed by atoms with Crippen LogP contribution in [-0.2, 0) is 22.1 Å². The van der Waals surface area contributed by atoms with E-state index in [2.05, 4.69) is 5.32 Å². The van der Waals surface area contributed by atoms with Crippen LogP contribution in [0.1, 0.15) is 12.0 Å². The van der Waals surface area contributed by atoms with Crippen LogP contribution in [0.2, 0.25) is 0 Å². The zero-order chi connectivity index (χ0) is 11.8. The molecule has 1 atom stereocenters. The molecule has 0 spiro atoms. The molecule has 0 saturated carbocycles. The van der Waals surface area contributed by atoms with Crippen molar-refractivity contribution < 1.29 is 8.95 Å². The van der Waals surface area contributed by atoms with Crippen LogP contribution in [0.15, 0.2) is 29.2 Å². The Balaban J connectivity index is 2.29. The summed E-state index contributed by atoms with van der Waals surface area (Å²) in [6.07, 6.45) is 2.71. The van der Waals surface area contributed by atoms with Gasteiger partial charge < -0.3 is 10.1 Å². The Morgan fingerprint density at radius 3 is 2.56 bits per heavy atom. The van der Waals surface area contributed by atoms with E-state index in [1.165, 1.54) is 5.56 Å². The van der Waals surface area contributed by atoms with Crippen molar-refractivity contribution in [2.75, 3.05) is 26.5 Å². The molecule has 0 aliphatic heterocycles. The quantitative estimate of drug-likeness (QED) is 0.736. The second-order valence-electron chi connectivity index (χ2n) is 3.62. The number of ether oxygens (including phenoxy) is 1. The fraction of sp³-hybridized carbons (Fsp3) is 0.500. The van der Waals surface area contributed by atoms with E-state index in [1.807, 2.05) is 24.3 Å². The molecule has 1 unspecified atom stereocenters. The average Bonchev–Trinajstić information content (AvgIpc) is 2.29. The van der Waals surface area contributed by atoms with E-state index in [9.17, 15) is 4.21 Å². The van der Waals surface area contributed by atoms with Crippen LogP contribution in [0.3, 0.4) is 0 Å². The first-order valence-electron chi connectivity index (χ1n) is 5.36. The van der Waals surface area contributed by atoms with Gasteiger partial charge in [-0.15, -0.1) is 0 Å². The summed E-state index contributed by atoms with van der Waals surface area (Å²) in [5, 5.41) is 3.33. The van der Waals surface area contributed by atoms with Gasteiger partial charge in [0, 0.05) is 42.2 Å². The Kier molecular flexibility index (Phi) is 6.30. The Morgan fingerprint density at radius 1 is 1.31 bits per heavy atom. The van der Waals surface area contributed by atoms with Crippen LogP contribution in [0.25, 0.3) is 0 Å². The molecule has 1 N–H and O–H groups in total. The summed E-state index contributed by atoms with van der Waals surface area (Å²) in [4.78, 5) is 0.878. The van der Waals surface area contributed by atoms with E-state index < -0.39 is 10.8 Å². The summed E-state index contributed by atoms with van der Waals surface area (Å²) in [7, 11) is 0.828. The van der Waals surface area contributed by atoms with Gasteiger partial charge in [0.05, 0.1) is 0 Å². The van der Waals surface area contributed by atoms with Crippen molar-refractivity contribution in [2.45, 2.75) is 17.9 Å². The molecule has 0 fully saturated rings.